The van der Waals surface area contributed by atoms with E-state index in [2.05, 4.69) is 6.92 Å². The first-order valence-electron chi connectivity index (χ1n) is 5.46. The van der Waals surface area contributed by atoms with Crippen molar-refractivity contribution >= 4 is 0 Å². The minimum atomic E-state index is -0.526. The van der Waals surface area contributed by atoms with E-state index in [1.54, 1.807) is 0 Å². The molecular weight excluding hydrogens is 172 g/mol. The zero-order chi connectivity index (χ0) is 10.4. The first kappa shape index (κ1) is 11.3. The van der Waals surface area contributed by atoms with Gasteiger partial charge in [0.2, 0.25) is 0 Å². The lowest BCUT2D eigenvalue weighted by molar-refractivity contribution is 0.0787. The van der Waals surface area contributed by atoms with Crippen molar-refractivity contribution in [3.05, 3.63) is 35.4 Å². The number of hydrogen-bond acceptors (Lipinski definition) is 0. The Bertz CT molecular complexity index is 250. The molecule has 0 bridgehead atoms. The second-order valence-corrected chi connectivity index (χ2v) is 3.90. The fraction of sp³-hybridized carbons (Fsp3) is 0.538. The Morgan fingerprint density at radius 2 is 1.79 bits per heavy atom. The lowest BCUT2D eigenvalue weighted by Crippen LogP contribution is -1.95. The van der Waals surface area contributed by atoms with Gasteiger partial charge in [-0.25, -0.2) is 5.11 Å². The third kappa shape index (κ3) is 3.51. The summed E-state index contributed by atoms with van der Waals surface area (Å²) in [6.07, 6.45) is 3.66. The largest absolute Gasteiger partial charge is 0.228 e. The predicted octanol–water partition coefficient (Wildman–Crippen LogP) is 4.05. The standard InChI is InChI=1S/C13H19O/c1-3-4-5-6-13(14)12-9-7-11(2)8-10-12/h7-10,13H,3-6H2,1-2H3. The minimum Gasteiger partial charge on any atom is -0.228 e. The van der Waals surface area contributed by atoms with Crippen LogP contribution in [0.3, 0.4) is 0 Å². The molecule has 0 heterocycles. The van der Waals surface area contributed by atoms with Gasteiger partial charge in [0.1, 0.15) is 6.10 Å². The third-order valence-corrected chi connectivity index (χ3v) is 2.52. The quantitative estimate of drug-likeness (QED) is 0.626. The maximum Gasteiger partial charge on any atom is 0.118 e. The molecule has 1 unspecified atom stereocenters. The van der Waals surface area contributed by atoms with Gasteiger partial charge in [-0.05, 0) is 18.9 Å². The van der Waals surface area contributed by atoms with Gasteiger partial charge in [0.05, 0.1) is 0 Å². The SMILES string of the molecule is CCCCCC([O])c1ccc(C)cc1. The van der Waals surface area contributed by atoms with E-state index in [4.69, 9.17) is 0 Å². The maximum atomic E-state index is 11.7. The van der Waals surface area contributed by atoms with Gasteiger partial charge < -0.3 is 0 Å². The average Bonchev–Trinajstić information content (AvgIpc) is 2.19. The molecule has 1 radical (unpaired) electrons. The lowest BCUT2D eigenvalue weighted by Gasteiger charge is -2.08. The van der Waals surface area contributed by atoms with Crippen molar-refractivity contribution in [1.29, 1.82) is 0 Å². The first-order chi connectivity index (χ1) is 6.74. The average molecular weight is 191 g/mol. The van der Waals surface area contributed by atoms with E-state index >= 15 is 0 Å². The van der Waals surface area contributed by atoms with E-state index in [9.17, 15) is 5.11 Å². The Kier molecular flexibility index (Phi) is 4.68. The van der Waals surface area contributed by atoms with Crippen molar-refractivity contribution in [3.63, 3.8) is 0 Å². The van der Waals surface area contributed by atoms with E-state index < -0.39 is 6.10 Å². The smallest absolute Gasteiger partial charge is 0.118 e. The molecule has 1 nitrogen and oxygen atoms in total. The third-order valence-electron chi connectivity index (χ3n) is 2.52. The van der Waals surface area contributed by atoms with Crippen LogP contribution in [0.5, 0.6) is 0 Å². The summed E-state index contributed by atoms with van der Waals surface area (Å²) in [5.41, 5.74) is 2.15. The molecule has 0 aliphatic carbocycles. The van der Waals surface area contributed by atoms with Crippen LogP contribution < -0.4 is 0 Å². The van der Waals surface area contributed by atoms with Gasteiger partial charge in [0.15, 0.2) is 0 Å². The van der Waals surface area contributed by atoms with E-state index in [1.165, 1.54) is 18.4 Å². The molecule has 0 N–H and O–H groups in total. The number of benzene rings is 1. The Morgan fingerprint density at radius 1 is 1.14 bits per heavy atom. The van der Waals surface area contributed by atoms with Gasteiger partial charge in [-0.3, -0.25) is 0 Å². The van der Waals surface area contributed by atoms with E-state index in [-0.39, 0.29) is 0 Å². The molecule has 77 valence electrons. The van der Waals surface area contributed by atoms with E-state index in [0.29, 0.717) is 0 Å². The minimum absolute atomic E-state index is 0.526. The van der Waals surface area contributed by atoms with E-state index in [1.807, 2.05) is 31.2 Å². The van der Waals surface area contributed by atoms with Crippen LogP contribution in [0.4, 0.5) is 0 Å². The van der Waals surface area contributed by atoms with Crippen molar-refractivity contribution in [3.8, 4) is 0 Å². The molecule has 1 atom stereocenters. The Balaban J connectivity index is 2.43. The highest BCUT2D eigenvalue weighted by atomic mass is 16.3. The van der Waals surface area contributed by atoms with Gasteiger partial charge in [-0.15, -0.1) is 0 Å². The topological polar surface area (TPSA) is 19.9 Å². The molecule has 1 rings (SSSR count). The molecule has 14 heavy (non-hydrogen) atoms. The molecule has 0 amide bonds. The van der Waals surface area contributed by atoms with E-state index in [0.717, 1.165) is 18.4 Å². The summed E-state index contributed by atoms with van der Waals surface area (Å²) in [6, 6.07) is 7.94. The van der Waals surface area contributed by atoms with Gasteiger partial charge >= 0.3 is 0 Å². The van der Waals surface area contributed by atoms with Crippen LogP contribution in [0.2, 0.25) is 0 Å². The van der Waals surface area contributed by atoms with Crippen LogP contribution >= 0.6 is 0 Å². The zero-order valence-electron chi connectivity index (χ0n) is 9.12. The molecule has 1 heteroatoms. The lowest BCUT2D eigenvalue weighted by atomic mass is 10.0. The first-order valence-corrected chi connectivity index (χ1v) is 5.46. The number of unbranched alkanes of at least 4 members (excludes halogenated alkanes) is 2. The zero-order valence-corrected chi connectivity index (χ0v) is 9.12. The Labute approximate surface area is 86.8 Å². The van der Waals surface area contributed by atoms with Crippen molar-refractivity contribution < 1.29 is 5.11 Å². The Morgan fingerprint density at radius 3 is 2.36 bits per heavy atom. The summed E-state index contributed by atoms with van der Waals surface area (Å²) >= 11 is 0. The number of hydrogen-bond donors (Lipinski definition) is 0. The van der Waals surface area contributed by atoms with Crippen LogP contribution in [0.1, 0.15) is 49.8 Å². The normalized spacial score (nSPS) is 12.8. The number of rotatable bonds is 5. The fourth-order valence-corrected chi connectivity index (χ4v) is 1.53. The molecular formula is C13H19O. The molecule has 0 saturated carbocycles. The van der Waals surface area contributed by atoms with Crippen LogP contribution in [-0.2, 0) is 5.11 Å². The molecule has 0 saturated heterocycles. The van der Waals surface area contributed by atoms with Crippen molar-refractivity contribution in [2.75, 3.05) is 0 Å². The summed E-state index contributed by atoms with van der Waals surface area (Å²) in [5.74, 6) is 0. The molecule has 0 fully saturated rings. The van der Waals surface area contributed by atoms with Crippen LogP contribution in [0.25, 0.3) is 0 Å². The molecule has 0 spiro atoms. The van der Waals surface area contributed by atoms with Crippen LogP contribution in [0.15, 0.2) is 24.3 Å². The number of aryl methyl sites for hydroxylation is 1. The second kappa shape index (κ2) is 5.82. The van der Waals surface area contributed by atoms with Gasteiger partial charge in [0, 0.05) is 0 Å². The van der Waals surface area contributed by atoms with Gasteiger partial charge in [-0.2, -0.15) is 0 Å². The summed E-state index contributed by atoms with van der Waals surface area (Å²) in [4.78, 5) is 0. The highest BCUT2D eigenvalue weighted by Crippen LogP contribution is 2.20. The van der Waals surface area contributed by atoms with Crippen molar-refractivity contribution in [2.45, 2.75) is 45.6 Å². The molecule has 0 aliphatic rings. The summed E-state index contributed by atoms with van der Waals surface area (Å²) in [5, 5.41) is 11.7. The second-order valence-electron chi connectivity index (χ2n) is 3.90. The maximum absolute atomic E-state index is 11.7. The summed E-state index contributed by atoms with van der Waals surface area (Å²) < 4.78 is 0. The van der Waals surface area contributed by atoms with Crippen molar-refractivity contribution in [1.82, 2.24) is 0 Å². The molecule has 0 aliphatic heterocycles. The van der Waals surface area contributed by atoms with Crippen LogP contribution in [-0.4, -0.2) is 0 Å². The monoisotopic (exact) mass is 191 g/mol. The summed E-state index contributed by atoms with van der Waals surface area (Å²) in [6.45, 7) is 4.20. The van der Waals surface area contributed by atoms with Crippen molar-refractivity contribution in [2.24, 2.45) is 0 Å². The highest BCUT2D eigenvalue weighted by molar-refractivity contribution is 5.22. The van der Waals surface area contributed by atoms with Gasteiger partial charge in [0.25, 0.3) is 0 Å². The fourth-order valence-electron chi connectivity index (χ4n) is 1.53. The Hall–Kier alpha value is -0.820. The molecule has 1 aromatic carbocycles. The van der Waals surface area contributed by atoms with Crippen LogP contribution in [0, 0.1) is 6.92 Å². The molecule has 1 aromatic rings. The highest BCUT2D eigenvalue weighted by Gasteiger charge is 2.07. The molecule has 0 aromatic heterocycles. The summed E-state index contributed by atoms with van der Waals surface area (Å²) in [7, 11) is 0. The predicted molar refractivity (Wildman–Crippen MR) is 58.7 cm³/mol. The van der Waals surface area contributed by atoms with Gasteiger partial charge in [-0.1, -0.05) is 56.0 Å².